The maximum Gasteiger partial charge on any atom is 0.231 e. The third kappa shape index (κ3) is 3.39. The van der Waals surface area contributed by atoms with Crippen LogP contribution in [0.5, 0.6) is 11.5 Å². The molecular weight excluding hydrogens is 344 g/mol. The monoisotopic (exact) mass is 368 g/mol. The first-order valence-corrected chi connectivity index (χ1v) is 9.64. The maximum absolute atomic E-state index is 12.1. The molecule has 0 aliphatic carbocycles. The van der Waals surface area contributed by atoms with Crippen molar-refractivity contribution in [3.8, 4) is 11.5 Å². The topological polar surface area (TPSA) is 59.8 Å². The van der Waals surface area contributed by atoms with E-state index in [1.807, 2.05) is 17.2 Å². The Balaban J connectivity index is 1.34. The molecule has 3 aliphatic rings. The van der Waals surface area contributed by atoms with Crippen molar-refractivity contribution in [2.45, 2.75) is 32.5 Å². The van der Waals surface area contributed by atoms with Crippen LogP contribution in [-0.2, 0) is 24.4 Å². The zero-order valence-electron chi connectivity index (χ0n) is 15.3. The fourth-order valence-corrected chi connectivity index (χ4v) is 4.36. The number of nitrogens with zero attached hydrogens (tertiary/aromatic N) is 4. The number of rotatable bonds is 4. The van der Waals surface area contributed by atoms with Crippen LogP contribution in [0.2, 0.25) is 0 Å². The summed E-state index contributed by atoms with van der Waals surface area (Å²) in [5.74, 6) is 2.31. The average molecular weight is 368 g/mol. The van der Waals surface area contributed by atoms with Gasteiger partial charge in [-0.25, -0.2) is 0 Å². The average Bonchev–Trinajstić information content (AvgIpc) is 3.36. The van der Waals surface area contributed by atoms with Gasteiger partial charge in [-0.05, 0) is 30.2 Å². The molecule has 0 N–H and O–H groups in total. The Bertz CT molecular complexity index is 850. The SMILES string of the molecule is O=C1CCCN1C[C@H]1CN(Cc2ccc3c(c2)OCO3)Cc2ccnn2C1. The molecule has 0 radical (unpaired) electrons. The number of amides is 1. The minimum Gasteiger partial charge on any atom is -0.454 e. The summed E-state index contributed by atoms with van der Waals surface area (Å²) in [5.41, 5.74) is 2.44. The van der Waals surface area contributed by atoms with Crippen LogP contribution in [-0.4, -0.2) is 51.9 Å². The molecule has 1 aromatic carbocycles. The van der Waals surface area contributed by atoms with E-state index in [0.29, 0.717) is 25.0 Å². The van der Waals surface area contributed by atoms with E-state index in [1.165, 1.54) is 11.3 Å². The Morgan fingerprint density at radius 2 is 2.07 bits per heavy atom. The van der Waals surface area contributed by atoms with Crippen LogP contribution in [0.15, 0.2) is 30.5 Å². The van der Waals surface area contributed by atoms with Crippen LogP contribution in [0.1, 0.15) is 24.1 Å². The van der Waals surface area contributed by atoms with E-state index in [0.717, 1.165) is 57.2 Å². The van der Waals surface area contributed by atoms with Gasteiger partial charge in [0.15, 0.2) is 11.5 Å². The van der Waals surface area contributed by atoms with Gasteiger partial charge in [0.2, 0.25) is 12.7 Å². The van der Waals surface area contributed by atoms with E-state index in [4.69, 9.17) is 9.47 Å². The third-order valence-corrected chi connectivity index (χ3v) is 5.63. The lowest BCUT2D eigenvalue weighted by Crippen LogP contribution is -2.37. The van der Waals surface area contributed by atoms with Crippen LogP contribution in [0.4, 0.5) is 0 Å². The number of carbonyl (C=O) groups is 1. The molecule has 7 heteroatoms. The number of likely N-dealkylation sites (tertiary alicyclic amines) is 1. The van der Waals surface area contributed by atoms with E-state index in [2.05, 4.69) is 32.9 Å². The lowest BCUT2D eigenvalue weighted by atomic mass is 10.1. The molecule has 0 spiro atoms. The Hall–Kier alpha value is -2.54. The molecule has 0 bridgehead atoms. The van der Waals surface area contributed by atoms with Crippen molar-refractivity contribution in [1.82, 2.24) is 19.6 Å². The molecule has 1 aromatic heterocycles. The molecule has 4 heterocycles. The molecule has 1 fully saturated rings. The summed E-state index contributed by atoms with van der Waals surface area (Å²) < 4.78 is 13.0. The minimum absolute atomic E-state index is 0.294. The summed E-state index contributed by atoms with van der Waals surface area (Å²) in [5, 5.41) is 4.50. The highest BCUT2D eigenvalue weighted by Gasteiger charge is 2.28. The molecule has 27 heavy (non-hydrogen) atoms. The highest BCUT2D eigenvalue weighted by atomic mass is 16.7. The zero-order chi connectivity index (χ0) is 18.2. The van der Waals surface area contributed by atoms with Crippen LogP contribution in [0.3, 0.4) is 0 Å². The molecule has 5 rings (SSSR count). The predicted octanol–water partition coefficient (Wildman–Crippen LogP) is 1.87. The molecule has 1 atom stereocenters. The second-order valence-electron chi connectivity index (χ2n) is 7.67. The Morgan fingerprint density at radius 3 is 2.96 bits per heavy atom. The highest BCUT2D eigenvalue weighted by molar-refractivity contribution is 5.78. The van der Waals surface area contributed by atoms with Gasteiger partial charge < -0.3 is 14.4 Å². The fraction of sp³-hybridized carbons (Fsp3) is 0.500. The van der Waals surface area contributed by atoms with E-state index in [-0.39, 0.29) is 0 Å². The second kappa shape index (κ2) is 6.88. The molecule has 1 saturated heterocycles. The molecule has 7 nitrogen and oxygen atoms in total. The number of aromatic nitrogens is 2. The second-order valence-corrected chi connectivity index (χ2v) is 7.67. The van der Waals surface area contributed by atoms with E-state index in [1.54, 1.807) is 0 Å². The van der Waals surface area contributed by atoms with Gasteiger partial charge in [-0.2, -0.15) is 5.10 Å². The van der Waals surface area contributed by atoms with Crippen molar-refractivity contribution in [3.63, 3.8) is 0 Å². The van der Waals surface area contributed by atoms with Gasteiger partial charge in [0.05, 0.1) is 5.69 Å². The fourth-order valence-electron chi connectivity index (χ4n) is 4.36. The normalized spacial score (nSPS) is 22.1. The Morgan fingerprint density at radius 1 is 1.15 bits per heavy atom. The Labute approximate surface area is 158 Å². The molecule has 2 aromatic rings. The Kier molecular flexibility index (Phi) is 4.24. The van der Waals surface area contributed by atoms with Gasteiger partial charge in [0.1, 0.15) is 0 Å². The van der Waals surface area contributed by atoms with Gasteiger partial charge in [0.25, 0.3) is 0 Å². The van der Waals surface area contributed by atoms with Crippen molar-refractivity contribution in [3.05, 3.63) is 41.7 Å². The molecule has 1 amide bonds. The zero-order valence-corrected chi connectivity index (χ0v) is 15.3. The molecule has 3 aliphatic heterocycles. The summed E-state index contributed by atoms with van der Waals surface area (Å²) in [7, 11) is 0. The smallest absolute Gasteiger partial charge is 0.231 e. The van der Waals surface area contributed by atoms with Gasteiger partial charge in [-0.3, -0.25) is 14.4 Å². The number of fused-ring (bicyclic) bond motifs is 2. The van der Waals surface area contributed by atoms with Crippen molar-refractivity contribution < 1.29 is 14.3 Å². The van der Waals surface area contributed by atoms with Crippen LogP contribution in [0.25, 0.3) is 0 Å². The quantitative estimate of drug-likeness (QED) is 0.825. The summed E-state index contributed by atoms with van der Waals surface area (Å²) in [6.45, 7) is 5.52. The largest absolute Gasteiger partial charge is 0.454 e. The van der Waals surface area contributed by atoms with Crippen molar-refractivity contribution in [1.29, 1.82) is 0 Å². The van der Waals surface area contributed by atoms with Gasteiger partial charge in [0, 0.05) is 57.8 Å². The van der Waals surface area contributed by atoms with Gasteiger partial charge in [-0.15, -0.1) is 0 Å². The lowest BCUT2D eigenvalue weighted by molar-refractivity contribution is -0.128. The van der Waals surface area contributed by atoms with Crippen molar-refractivity contribution in [2.24, 2.45) is 5.92 Å². The summed E-state index contributed by atoms with van der Waals surface area (Å²) in [6.07, 6.45) is 3.55. The van der Waals surface area contributed by atoms with E-state index in [9.17, 15) is 4.79 Å². The number of hydrogen-bond donors (Lipinski definition) is 0. The highest BCUT2D eigenvalue weighted by Crippen LogP contribution is 2.33. The number of benzene rings is 1. The van der Waals surface area contributed by atoms with Crippen molar-refractivity contribution in [2.75, 3.05) is 26.4 Å². The number of hydrogen-bond acceptors (Lipinski definition) is 5. The van der Waals surface area contributed by atoms with Crippen molar-refractivity contribution >= 4 is 5.91 Å². The molecule has 0 unspecified atom stereocenters. The van der Waals surface area contributed by atoms with Crippen LogP contribution in [0, 0.1) is 5.92 Å². The predicted molar refractivity (Wildman–Crippen MR) is 98.2 cm³/mol. The number of carbonyl (C=O) groups excluding carboxylic acids is 1. The van der Waals surface area contributed by atoms with Gasteiger partial charge in [-0.1, -0.05) is 6.07 Å². The standard InChI is InChI=1S/C20H24N4O3/c25-20-2-1-7-23(20)11-16-10-22(13-17-5-6-21-24(17)12-16)9-15-3-4-18-19(8-15)27-14-26-18/h3-6,8,16H,1-2,7,9-14H2/t16-/m1/s1. The third-order valence-electron chi connectivity index (χ3n) is 5.63. The minimum atomic E-state index is 0.294. The summed E-state index contributed by atoms with van der Waals surface area (Å²) >= 11 is 0. The first-order chi connectivity index (χ1) is 13.2. The summed E-state index contributed by atoms with van der Waals surface area (Å²) in [4.78, 5) is 16.5. The maximum atomic E-state index is 12.1. The van der Waals surface area contributed by atoms with Crippen LogP contribution < -0.4 is 9.47 Å². The lowest BCUT2D eigenvalue weighted by Gasteiger charge is -2.27. The molecule has 142 valence electrons. The first-order valence-electron chi connectivity index (χ1n) is 9.64. The molecule has 0 saturated carbocycles. The first kappa shape index (κ1) is 16.6. The number of ether oxygens (including phenoxy) is 2. The molecular formula is C20H24N4O3. The van der Waals surface area contributed by atoms with E-state index >= 15 is 0 Å². The van der Waals surface area contributed by atoms with Gasteiger partial charge >= 0.3 is 0 Å². The van der Waals surface area contributed by atoms with Crippen LogP contribution >= 0.6 is 0 Å². The summed E-state index contributed by atoms with van der Waals surface area (Å²) in [6, 6.07) is 8.26. The van der Waals surface area contributed by atoms with E-state index < -0.39 is 0 Å².